The van der Waals surface area contributed by atoms with E-state index in [0.29, 0.717) is 12.1 Å². The first kappa shape index (κ1) is 8.07. The van der Waals surface area contributed by atoms with Crippen LogP contribution in [0.5, 0.6) is 0 Å². The second kappa shape index (κ2) is 2.23. The van der Waals surface area contributed by atoms with Crippen LogP contribution in [0, 0.1) is 0 Å². The smallest absolute Gasteiger partial charge is 0.361 e. The highest BCUT2D eigenvalue weighted by molar-refractivity contribution is 6.90. The minimum absolute atomic E-state index is 0.0104. The van der Waals surface area contributed by atoms with Gasteiger partial charge in [-0.2, -0.15) is 13.2 Å². The lowest BCUT2D eigenvalue weighted by atomic mass is 10.9. The Morgan fingerprint density at radius 1 is 1.30 bits per heavy atom. The average Bonchev–Trinajstić information content (AvgIpc) is 2.45. The van der Waals surface area contributed by atoms with Gasteiger partial charge in [0.05, 0.1) is 0 Å². The molecule has 0 saturated carbocycles. The predicted octanol–water partition coefficient (Wildman–Crippen LogP) is 1.54. The van der Waals surface area contributed by atoms with Crippen LogP contribution >= 0.6 is 0 Å². The Labute approximate surface area is 57.9 Å². The van der Waals surface area contributed by atoms with E-state index in [1.165, 1.54) is 0 Å². The molecule has 1 rings (SSSR count). The lowest BCUT2D eigenvalue weighted by Crippen LogP contribution is -2.36. The molecule has 0 radical (unpaired) electrons. The standard InChI is InChI=1S/C5H9F3OSi/c6-5(7,8)10(2-1-9)3-4-10/h9H,1-4H2. The van der Waals surface area contributed by atoms with Gasteiger partial charge in [0.25, 0.3) is 0 Å². The van der Waals surface area contributed by atoms with Gasteiger partial charge in [0.2, 0.25) is 0 Å². The molecule has 0 aromatic rings. The second-order valence-corrected chi connectivity index (χ2v) is 7.38. The van der Waals surface area contributed by atoms with E-state index < -0.39 is 13.9 Å². The van der Waals surface area contributed by atoms with Gasteiger partial charge >= 0.3 is 5.80 Å². The summed E-state index contributed by atoms with van der Waals surface area (Å²) in [6.07, 6.45) is 0. The molecule has 1 aliphatic heterocycles. The monoisotopic (exact) mass is 170 g/mol. The van der Waals surface area contributed by atoms with Gasteiger partial charge in [0.15, 0.2) is 8.07 Å². The quantitative estimate of drug-likeness (QED) is 0.623. The molecule has 5 heteroatoms. The Bertz CT molecular complexity index is 129. The van der Waals surface area contributed by atoms with Crippen molar-refractivity contribution < 1.29 is 18.3 Å². The van der Waals surface area contributed by atoms with Crippen LogP contribution in [0.4, 0.5) is 13.2 Å². The Morgan fingerprint density at radius 3 is 1.90 bits per heavy atom. The first-order valence-corrected chi connectivity index (χ1v) is 5.82. The van der Waals surface area contributed by atoms with Gasteiger partial charge in [-0.3, -0.25) is 0 Å². The van der Waals surface area contributed by atoms with Crippen LogP contribution in [0.25, 0.3) is 0 Å². The maximum absolute atomic E-state index is 12.0. The molecule has 0 aliphatic carbocycles. The number of hydrogen-bond acceptors (Lipinski definition) is 1. The summed E-state index contributed by atoms with van der Waals surface area (Å²) in [6.45, 7) is -0.300. The maximum Gasteiger partial charge on any atom is 0.361 e. The van der Waals surface area contributed by atoms with Gasteiger partial charge < -0.3 is 5.11 Å². The van der Waals surface area contributed by atoms with Crippen molar-refractivity contribution in [3.8, 4) is 0 Å². The van der Waals surface area contributed by atoms with Crippen LogP contribution in [-0.4, -0.2) is 25.6 Å². The zero-order chi connectivity index (χ0) is 7.83. The zero-order valence-electron chi connectivity index (χ0n) is 5.41. The Hall–Kier alpha value is -0.0331. The third kappa shape index (κ3) is 1.20. The fraction of sp³-hybridized carbons (Fsp3) is 1.00. The molecule has 0 aromatic carbocycles. The number of aliphatic hydroxyl groups excluding tert-OH is 1. The van der Waals surface area contributed by atoms with E-state index >= 15 is 0 Å². The fourth-order valence-corrected chi connectivity index (χ4v) is 4.03. The van der Waals surface area contributed by atoms with Crippen LogP contribution in [0.15, 0.2) is 0 Å². The van der Waals surface area contributed by atoms with Gasteiger partial charge in [-0.1, -0.05) is 12.1 Å². The topological polar surface area (TPSA) is 20.2 Å². The number of rotatable bonds is 2. The molecule has 1 aliphatic rings. The van der Waals surface area contributed by atoms with E-state index in [4.69, 9.17) is 5.11 Å². The maximum atomic E-state index is 12.0. The third-order valence-electron chi connectivity index (χ3n) is 2.05. The number of aliphatic hydroxyl groups is 1. The van der Waals surface area contributed by atoms with Gasteiger partial charge in [-0.15, -0.1) is 0 Å². The summed E-state index contributed by atoms with van der Waals surface area (Å²) in [5, 5.41) is 8.34. The van der Waals surface area contributed by atoms with Crippen LogP contribution in [0.2, 0.25) is 18.1 Å². The number of alkyl halides is 3. The largest absolute Gasteiger partial charge is 0.397 e. The molecule has 0 unspecified atom stereocenters. The molecule has 1 saturated heterocycles. The van der Waals surface area contributed by atoms with Crippen molar-refractivity contribution in [2.45, 2.75) is 23.9 Å². The van der Waals surface area contributed by atoms with Gasteiger partial charge in [-0.25, -0.2) is 0 Å². The molecule has 1 heterocycles. The summed E-state index contributed by atoms with van der Waals surface area (Å²) in [6, 6.07) is 0.671. The fourth-order valence-electron chi connectivity index (χ4n) is 1.04. The Kier molecular flexibility index (Phi) is 1.80. The molecule has 0 amide bonds. The SMILES string of the molecule is OCC[Si]1(C(F)(F)F)CC1. The van der Waals surface area contributed by atoms with Gasteiger partial charge in [0.1, 0.15) is 0 Å². The summed E-state index contributed by atoms with van der Waals surface area (Å²) in [7, 11) is -2.90. The van der Waals surface area contributed by atoms with Crippen molar-refractivity contribution in [3.63, 3.8) is 0 Å². The van der Waals surface area contributed by atoms with Crippen molar-refractivity contribution in [2.75, 3.05) is 6.61 Å². The normalized spacial score (nSPS) is 22.8. The van der Waals surface area contributed by atoms with Crippen LogP contribution in [0.3, 0.4) is 0 Å². The van der Waals surface area contributed by atoms with Crippen molar-refractivity contribution in [3.05, 3.63) is 0 Å². The van der Waals surface area contributed by atoms with Gasteiger partial charge in [-0.05, 0) is 6.04 Å². The molecular formula is C5H9F3OSi. The molecule has 1 N–H and O–H groups in total. The van der Waals surface area contributed by atoms with E-state index in [9.17, 15) is 13.2 Å². The van der Waals surface area contributed by atoms with E-state index in [1.54, 1.807) is 0 Å². The molecule has 1 fully saturated rings. The molecular weight excluding hydrogens is 161 g/mol. The van der Waals surface area contributed by atoms with Crippen LogP contribution in [0.1, 0.15) is 0 Å². The second-order valence-electron chi connectivity index (χ2n) is 2.75. The predicted molar refractivity (Wildman–Crippen MR) is 33.3 cm³/mol. The highest BCUT2D eigenvalue weighted by Crippen LogP contribution is 2.51. The molecule has 60 valence electrons. The molecule has 0 spiro atoms. The number of halogens is 3. The Balaban J connectivity index is 2.52. The van der Waals surface area contributed by atoms with Crippen molar-refractivity contribution in [2.24, 2.45) is 0 Å². The third-order valence-corrected chi connectivity index (χ3v) is 6.14. The Morgan fingerprint density at radius 2 is 1.80 bits per heavy atom. The highest BCUT2D eigenvalue weighted by Gasteiger charge is 2.64. The highest BCUT2D eigenvalue weighted by atomic mass is 28.3. The van der Waals surface area contributed by atoms with E-state index in [0.717, 1.165) is 0 Å². The van der Waals surface area contributed by atoms with Crippen molar-refractivity contribution in [1.29, 1.82) is 0 Å². The van der Waals surface area contributed by atoms with Gasteiger partial charge in [0, 0.05) is 6.61 Å². The van der Waals surface area contributed by atoms with Crippen LogP contribution < -0.4 is 0 Å². The molecule has 0 bridgehead atoms. The summed E-state index contributed by atoms with van der Waals surface area (Å²) in [5.41, 5.74) is 0. The molecule has 0 atom stereocenters. The minimum atomic E-state index is -3.96. The summed E-state index contributed by atoms with van der Waals surface area (Å²) >= 11 is 0. The van der Waals surface area contributed by atoms with Crippen LogP contribution in [-0.2, 0) is 0 Å². The first-order valence-electron chi connectivity index (χ1n) is 3.19. The first-order chi connectivity index (χ1) is 4.52. The average molecular weight is 170 g/mol. The molecule has 0 aromatic heterocycles. The summed E-state index contributed by atoms with van der Waals surface area (Å²) < 4.78 is 36.1. The zero-order valence-corrected chi connectivity index (χ0v) is 6.41. The van der Waals surface area contributed by atoms with E-state index in [-0.39, 0.29) is 12.7 Å². The molecule has 10 heavy (non-hydrogen) atoms. The molecule has 1 nitrogen and oxygen atoms in total. The van der Waals surface area contributed by atoms with Crippen molar-refractivity contribution in [1.82, 2.24) is 0 Å². The lowest BCUT2D eigenvalue weighted by Gasteiger charge is -2.14. The number of hydrogen-bond donors (Lipinski definition) is 1. The van der Waals surface area contributed by atoms with E-state index in [1.807, 2.05) is 0 Å². The summed E-state index contributed by atoms with van der Waals surface area (Å²) in [5.74, 6) is -3.96. The minimum Gasteiger partial charge on any atom is -0.397 e. The summed E-state index contributed by atoms with van der Waals surface area (Å²) in [4.78, 5) is 0. The van der Waals surface area contributed by atoms with Crippen molar-refractivity contribution >= 4 is 8.07 Å². The van der Waals surface area contributed by atoms with E-state index in [2.05, 4.69) is 0 Å². The lowest BCUT2D eigenvalue weighted by molar-refractivity contribution is -0.0540.